The van der Waals surface area contributed by atoms with E-state index in [1.165, 1.54) is 0 Å². The zero-order chi connectivity index (χ0) is 13.5. The number of ketones is 2. The Kier molecular flexibility index (Phi) is 2.82. The van der Waals surface area contributed by atoms with Crippen molar-refractivity contribution in [2.75, 3.05) is 0 Å². The molecule has 1 aliphatic carbocycles. The molecule has 1 saturated heterocycles. The zero-order valence-electron chi connectivity index (χ0n) is 11.1. The van der Waals surface area contributed by atoms with Crippen LogP contribution in [0.3, 0.4) is 0 Å². The van der Waals surface area contributed by atoms with E-state index in [-0.39, 0.29) is 11.6 Å². The van der Waals surface area contributed by atoms with Crippen LogP contribution in [0.15, 0.2) is 30.3 Å². The van der Waals surface area contributed by atoms with Gasteiger partial charge in [-0.2, -0.15) is 0 Å². The molecule has 19 heavy (non-hydrogen) atoms. The SMILES string of the molecule is C[C@]1(c2ccccc2)OC2(CCCCC2)C(=O)C1=O. The van der Waals surface area contributed by atoms with Crippen molar-refractivity contribution in [1.29, 1.82) is 0 Å². The van der Waals surface area contributed by atoms with Crippen molar-refractivity contribution in [3.8, 4) is 0 Å². The maximum Gasteiger partial charge on any atom is 0.237 e. The van der Waals surface area contributed by atoms with Crippen LogP contribution in [0.5, 0.6) is 0 Å². The molecule has 3 rings (SSSR count). The van der Waals surface area contributed by atoms with Crippen LogP contribution < -0.4 is 0 Å². The summed E-state index contributed by atoms with van der Waals surface area (Å²) in [7, 11) is 0. The Balaban J connectivity index is 2.01. The van der Waals surface area contributed by atoms with E-state index in [0.717, 1.165) is 24.8 Å². The lowest BCUT2D eigenvalue weighted by Gasteiger charge is -2.33. The second-order valence-corrected chi connectivity index (χ2v) is 5.71. The van der Waals surface area contributed by atoms with Crippen LogP contribution in [0.2, 0.25) is 0 Å². The quantitative estimate of drug-likeness (QED) is 0.727. The Hall–Kier alpha value is -1.48. The second kappa shape index (κ2) is 4.27. The maximum absolute atomic E-state index is 12.4. The molecule has 0 aromatic heterocycles. The first kappa shape index (κ1) is 12.5. The van der Waals surface area contributed by atoms with Gasteiger partial charge in [-0.05, 0) is 25.3 Å². The van der Waals surface area contributed by atoms with Gasteiger partial charge in [0, 0.05) is 0 Å². The van der Waals surface area contributed by atoms with Crippen molar-refractivity contribution in [3.05, 3.63) is 35.9 Å². The molecule has 0 amide bonds. The van der Waals surface area contributed by atoms with E-state index in [1.54, 1.807) is 6.92 Å². The third-order valence-corrected chi connectivity index (χ3v) is 4.44. The van der Waals surface area contributed by atoms with Crippen LogP contribution in [0, 0.1) is 0 Å². The number of Topliss-reactive ketones (excluding diaryl/α,β-unsaturated/α-hetero) is 2. The fourth-order valence-electron chi connectivity index (χ4n) is 3.31. The maximum atomic E-state index is 12.4. The first-order chi connectivity index (χ1) is 9.08. The van der Waals surface area contributed by atoms with Crippen LogP contribution in [0.4, 0.5) is 0 Å². The van der Waals surface area contributed by atoms with Gasteiger partial charge < -0.3 is 4.74 Å². The van der Waals surface area contributed by atoms with Crippen molar-refractivity contribution in [1.82, 2.24) is 0 Å². The number of hydrogen-bond donors (Lipinski definition) is 0. The normalized spacial score (nSPS) is 29.9. The van der Waals surface area contributed by atoms with Gasteiger partial charge in [0.25, 0.3) is 0 Å². The predicted octanol–water partition coefficient (Wildman–Crippen LogP) is 2.77. The highest BCUT2D eigenvalue weighted by molar-refractivity contribution is 6.44. The van der Waals surface area contributed by atoms with Gasteiger partial charge in [0.1, 0.15) is 5.60 Å². The van der Waals surface area contributed by atoms with Gasteiger partial charge in [0.2, 0.25) is 11.6 Å². The summed E-state index contributed by atoms with van der Waals surface area (Å²) in [6, 6.07) is 9.34. The molecular weight excluding hydrogens is 240 g/mol. The van der Waals surface area contributed by atoms with Crippen molar-refractivity contribution in [3.63, 3.8) is 0 Å². The van der Waals surface area contributed by atoms with Gasteiger partial charge in [-0.25, -0.2) is 0 Å². The number of rotatable bonds is 1. The largest absolute Gasteiger partial charge is 0.347 e. The molecule has 1 heterocycles. The minimum Gasteiger partial charge on any atom is -0.347 e. The summed E-state index contributed by atoms with van der Waals surface area (Å²) in [6.07, 6.45) is 4.41. The highest BCUT2D eigenvalue weighted by atomic mass is 16.5. The van der Waals surface area contributed by atoms with Crippen LogP contribution in [0.25, 0.3) is 0 Å². The highest BCUT2D eigenvalue weighted by Crippen LogP contribution is 2.46. The van der Waals surface area contributed by atoms with Crippen molar-refractivity contribution in [2.24, 2.45) is 0 Å². The first-order valence-electron chi connectivity index (χ1n) is 6.93. The molecule has 100 valence electrons. The number of carbonyl (C=O) groups is 2. The molecule has 1 atom stereocenters. The molecule has 3 heteroatoms. The smallest absolute Gasteiger partial charge is 0.237 e. The van der Waals surface area contributed by atoms with Crippen molar-refractivity contribution < 1.29 is 14.3 Å². The minimum atomic E-state index is -1.10. The Bertz CT molecular complexity index is 514. The van der Waals surface area contributed by atoms with E-state index < -0.39 is 11.2 Å². The van der Waals surface area contributed by atoms with Gasteiger partial charge in [0.05, 0.1) is 0 Å². The fourth-order valence-corrected chi connectivity index (χ4v) is 3.31. The zero-order valence-corrected chi connectivity index (χ0v) is 11.1. The summed E-state index contributed by atoms with van der Waals surface area (Å²) in [6.45, 7) is 1.73. The van der Waals surface area contributed by atoms with E-state index in [0.29, 0.717) is 12.8 Å². The molecule has 2 fully saturated rings. The second-order valence-electron chi connectivity index (χ2n) is 5.71. The molecule has 1 aromatic rings. The summed E-state index contributed by atoms with van der Waals surface area (Å²) in [4.78, 5) is 24.8. The van der Waals surface area contributed by atoms with Gasteiger partial charge in [0.15, 0.2) is 5.60 Å². The lowest BCUT2D eigenvalue weighted by atomic mass is 9.81. The molecule has 1 saturated carbocycles. The van der Waals surface area contributed by atoms with E-state index >= 15 is 0 Å². The van der Waals surface area contributed by atoms with E-state index in [9.17, 15) is 9.59 Å². The Morgan fingerprint density at radius 2 is 1.58 bits per heavy atom. The third-order valence-electron chi connectivity index (χ3n) is 4.44. The molecule has 0 bridgehead atoms. The van der Waals surface area contributed by atoms with Crippen molar-refractivity contribution >= 4 is 11.6 Å². The van der Waals surface area contributed by atoms with Crippen LogP contribution in [-0.4, -0.2) is 17.2 Å². The lowest BCUT2D eigenvalue weighted by molar-refractivity contribution is -0.147. The number of ether oxygens (including phenoxy) is 1. The van der Waals surface area contributed by atoms with Gasteiger partial charge in [-0.3, -0.25) is 9.59 Å². The molecule has 0 radical (unpaired) electrons. The minimum absolute atomic E-state index is 0.321. The molecule has 0 N–H and O–H groups in total. The summed E-state index contributed by atoms with van der Waals surface area (Å²) >= 11 is 0. The summed E-state index contributed by atoms with van der Waals surface area (Å²) in [5, 5.41) is 0. The first-order valence-corrected chi connectivity index (χ1v) is 6.93. The van der Waals surface area contributed by atoms with E-state index in [4.69, 9.17) is 4.74 Å². The molecule has 1 aromatic carbocycles. The van der Waals surface area contributed by atoms with E-state index in [1.807, 2.05) is 30.3 Å². The Morgan fingerprint density at radius 3 is 2.21 bits per heavy atom. The number of hydrogen-bond acceptors (Lipinski definition) is 3. The molecule has 2 aliphatic rings. The Morgan fingerprint density at radius 1 is 0.947 bits per heavy atom. The molecule has 3 nitrogen and oxygen atoms in total. The number of carbonyl (C=O) groups excluding carboxylic acids is 2. The average Bonchev–Trinajstić information content (AvgIpc) is 2.64. The topological polar surface area (TPSA) is 43.4 Å². The lowest BCUT2D eigenvalue weighted by Crippen LogP contribution is -2.39. The van der Waals surface area contributed by atoms with Crippen molar-refractivity contribution in [2.45, 2.75) is 50.2 Å². The highest BCUT2D eigenvalue weighted by Gasteiger charge is 2.60. The Labute approximate surface area is 113 Å². The van der Waals surface area contributed by atoms with Crippen LogP contribution in [0.1, 0.15) is 44.6 Å². The molecule has 1 spiro atoms. The van der Waals surface area contributed by atoms with Gasteiger partial charge >= 0.3 is 0 Å². The summed E-state index contributed by atoms with van der Waals surface area (Å²) in [5.74, 6) is -0.709. The molecule has 1 aliphatic heterocycles. The standard InChI is InChI=1S/C16H18O3/c1-15(12-8-4-2-5-9-12)13(17)14(18)16(19-15)10-6-3-7-11-16/h2,4-5,8-9H,3,6-7,10-11H2,1H3/t15-/m1/s1. The van der Waals surface area contributed by atoms with Crippen LogP contribution >= 0.6 is 0 Å². The van der Waals surface area contributed by atoms with Gasteiger partial charge in [-0.15, -0.1) is 0 Å². The third kappa shape index (κ3) is 1.76. The predicted molar refractivity (Wildman–Crippen MR) is 70.7 cm³/mol. The molecule has 0 unspecified atom stereocenters. The number of benzene rings is 1. The monoisotopic (exact) mass is 258 g/mol. The van der Waals surface area contributed by atoms with E-state index in [2.05, 4.69) is 0 Å². The summed E-state index contributed by atoms with van der Waals surface area (Å²) < 4.78 is 6.09. The fraction of sp³-hybridized carbons (Fsp3) is 0.500. The molecular formula is C16H18O3. The van der Waals surface area contributed by atoms with Gasteiger partial charge in [-0.1, -0.05) is 49.6 Å². The van der Waals surface area contributed by atoms with Crippen LogP contribution in [-0.2, 0) is 19.9 Å². The average molecular weight is 258 g/mol. The summed E-state index contributed by atoms with van der Waals surface area (Å²) in [5.41, 5.74) is -1.17.